The van der Waals surface area contributed by atoms with Crippen LogP contribution in [0.1, 0.15) is 11.5 Å². The number of rotatable bonds is 4. The van der Waals surface area contributed by atoms with Gasteiger partial charge in [-0.2, -0.15) is 0 Å². The van der Waals surface area contributed by atoms with Crippen molar-refractivity contribution in [2.45, 2.75) is 18.4 Å². The maximum Gasteiger partial charge on any atom is 0.241 e. The van der Waals surface area contributed by atoms with Crippen LogP contribution in [0, 0.1) is 12.7 Å². The summed E-state index contributed by atoms with van der Waals surface area (Å²) in [4.78, 5) is -0.145. The van der Waals surface area contributed by atoms with Crippen LogP contribution in [0.2, 0.25) is 0 Å². The lowest BCUT2D eigenvalue weighted by molar-refractivity contribution is 0.390. The Morgan fingerprint density at radius 1 is 1.42 bits per heavy atom. The van der Waals surface area contributed by atoms with Crippen molar-refractivity contribution in [3.63, 3.8) is 0 Å². The van der Waals surface area contributed by atoms with E-state index < -0.39 is 15.8 Å². The Morgan fingerprint density at radius 2 is 2.16 bits per heavy atom. The van der Waals surface area contributed by atoms with Crippen LogP contribution < -0.4 is 4.72 Å². The van der Waals surface area contributed by atoms with Gasteiger partial charge in [0, 0.05) is 6.07 Å². The second-order valence-electron chi connectivity index (χ2n) is 3.83. The van der Waals surface area contributed by atoms with Crippen LogP contribution in [0.5, 0.6) is 0 Å². The molecule has 1 N–H and O–H groups in total. The Labute approximate surface area is 118 Å². The first-order valence-corrected chi connectivity index (χ1v) is 7.53. The van der Waals surface area contributed by atoms with Crippen molar-refractivity contribution >= 4 is 26.0 Å². The van der Waals surface area contributed by atoms with Gasteiger partial charge in [-0.1, -0.05) is 5.16 Å². The SMILES string of the molecule is Cc1cc(CNS(=O)(=O)c2ccc(Br)c(F)c2)no1. The van der Waals surface area contributed by atoms with Crippen LogP contribution in [0.3, 0.4) is 0 Å². The van der Waals surface area contributed by atoms with Gasteiger partial charge in [0.2, 0.25) is 10.0 Å². The second kappa shape index (κ2) is 5.40. The summed E-state index contributed by atoms with van der Waals surface area (Å²) in [5.74, 6) is -0.0518. The molecule has 0 aliphatic carbocycles. The number of halogens is 2. The lowest BCUT2D eigenvalue weighted by Crippen LogP contribution is -2.23. The number of benzene rings is 1. The molecule has 0 saturated carbocycles. The van der Waals surface area contributed by atoms with Gasteiger partial charge >= 0.3 is 0 Å². The molecule has 0 fully saturated rings. The molecular formula is C11H10BrFN2O3S. The highest BCUT2D eigenvalue weighted by Crippen LogP contribution is 2.19. The van der Waals surface area contributed by atoms with Crippen molar-refractivity contribution in [2.75, 3.05) is 0 Å². The van der Waals surface area contributed by atoms with Crippen LogP contribution in [0.25, 0.3) is 0 Å². The van der Waals surface area contributed by atoms with E-state index >= 15 is 0 Å². The molecular weight excluding hydrogens is 339 g/mol. The van der Waals surface area contributed by atoms with E-state index in [-0.39, 0.29) is 15.9 Å². The van der Waals surface area contributed by atoms with Crippen LogP contribution in [0.15, 0.2) is 38.2 Å². The highest BCUT2D eigenvalue weighted by Gasteiger charge is 2.16. The fraction of sp³-hybridized carbons (Fsp3) is 0.182. The summed E-state index contributed by atoms with van der Waals surface area (Å²) in [7, 11) is -3.78. The van der Waals surface area contributed by atoms with Crippen LogP contribution in [0.4, 0.5) is 4.39 Å². The molecule has 0 amide bonds. The summed E-state index contributed by atoms with van der Waals surface area (Å²) in [6.45, 7) is 1.69. The van der Waals surface area contributed by atoms with Crippen molar-refractivity contribution in [1.82, 2.24) is 9.88 Å². The first-order valence-electron chi connectivity index (χ1n) is 5.25. The molecule has 0 radical (unpaired) electrons. The van der Waals surface area contributed by atoms with Crippen molar-refractivity contribution in [1.29, 1.82) is 0 Å². The number of nitrogens with one attached hydrogen (secondary N) is 1. The minimum absolute atomic E-state index is 0.0165. The highest BCUT2D eigenvalue weighted by atomic mass is 79.9. The summed E-state index contributed by atoms with van der Waals surface area (Å²) in [5, 5.41) is 3.66. The molecule has 0 aliphatic heterocycles. The van der Waals surface area contributed by atoms with E-state index in [2.05, 4.69) is 25.8 Å². The molecule has 0 spiro atoms. The largest absolute Gasteiger partial charge is 0.361 e. The number of hydrogen-bond acceptors (Lipinski definition) is 4. The van der Waals surface area contributed by atoms with E-state index in [0.29, 0.717) is 11.5 Å². The highest BCUT2D eigenvalue weighted by molar-refractivity contribution is 9.10. The number of nitrogens with zero attached hydrogens (tertiary/aromatic N) is 1. The summed E-state index contributed by atoms with van der Waals surface area (Å²) in [5.41, 5.74) is 0.457. The maximum atomic E-state index is 13.3. The fourth-order valence-electron chi connectivity index (χ4n) is 1.40. The molecule has 8 heteroatoms. The molecule has 5 nitrogen and oxygen atoms in total. The van der Waals surface area contributed by atoms with E-state index in [1.807, 2.05) is 0 Å². The average molecular weight is 349 g/mol. The van der Waals surface area contributed by atoms with Crippen molar-refractivity contribution in [2.24, 2.45) is 0 Å². The molecule has 0 atom stereocenters. The fourth-order valence-corrected chi connectivity index (χ4v) is 2.65. The number of aryl methyl sites for hydroxylation is 1. The van der Waals surface area contributed by atoms with Gasteiger partial charge in [-0.05, 0) is 41.1 Å². The molecule has 19 heavy (non-hydrogen) atoms. The molecule has 2 rings (SSSR count). The van der Waals surface area contributed by atoms with Crippen LogP contribution in [-0.4, -0.2) is 13.6 Å². The first-order chi connectivity index (χ1) is 8.88. The third kappa shape index (κ3) is 3.40. The quantitative estimate of drug-likeness (QED) is 0.920. The average Bonchev–Trinajstić information content (AvgIpc) is 2.76. The van der Waals surface area contributed by atoms with Gasteiger partial charge in [0.15, 0.2) is 0 Å². The van der Waals surface area contributed by atoms with Gasteiger partial charge in [0.1, 0.15) is 11.6 Å². The molecule has 0 aliphatic rings. The molecule has 1 heterocycles. The zero-order valence-electron chi connectivity index (χ0n) is 9.85. The van der Waals surface area contributed by atoms with Gasteiger partial charge < -0.3 is 4.52 Å². The third-order valence-electron chi connectivity index (χ3n) is 2.32. The molecule has 1 aromatic carbocycles. The maximum absolute atomic E-state index is 13.3. The number of sulfonamides is 1. The van der Waals surface area contributed by atoms with Gasteiger partial charge in [-0.15, -0.1) is 0 Å². The first kappa shape index (κ1) is 14.2. The Bertz CT molecular complexity index is 700. The third-order valence-corrected chi connectivity index (χ3v) is 4.36. The summed E-state index contributed by atoms with van der Waals surface area (Å²) >= 11 is 2.96. The standard InChI is InChI=1S/C11H10BrFN2O3S/c1-7-4-8(15-18-7)6-14-19(16,17)9-2-3-10(12)11(13)5-9/h2-5,14H,6H2,1H3. The topological polar surface area (TPSA) is 72.2 Å². The van der Waals surface area contributed by atoms with Gasteiger partial charge in [0.25, 0.3) is 0 Å². The lowest BCUT2D eigenvalue weighted by Gasteiger charge is -2.05. The van der Waals surface area contributed by atoms with E-state index in [0.717, 1.165) is 6.07 Å². The second-order valence-corrected chi connectivity index (χ2v) is 6.45. The molecule has 2 aromatic rings. The number of aromatic nitrogens is 1. The predicted octanol–water partition coefficient (Wildman–Crippen LogP) is 2.36. The molecule has 1 aromatic heterocycles. The van der Waals surface area contributed by atoms with Crippen molar-refractivity contribution in [3.05, 3.63) is 46.0 Å². The molecule has 0 unspecified atom stereocenters. The van der Waals surface area contributed by atoms with E-state index in [1.54, 1.807) is 13.0 Å². The Balaban J connectivity index is 2.16. The number of hydrogen-bond donors (Lipinski definition) is 1. The van der Waals surface area contributed by atoms with Gasteiger partial charge in [-0.25, -0.2) is 17.5 Å². The summed E-state index contributed by atoms with van der Waals surface area (Å²) < 4.78 is 44.5. The minimum atomic E-state index is -3.78. The minimum Gasteiger partial charge on any atom is -0.361 e. The predicted molar refractivity (Wildman–Crippen MR) is 69.4 cm³/mol. The normalized spacial score (nSPS) is 11.7. The van der Waals surface area contributed by atoms with Crippen LogP contribution >= 0.6 is 15.9 Å². The Hall–Kier alpha value is -1.25. The monoisotopic (exact) mass is 348 g/mol. The molecule has 102 valence electrons. The van der Waals surface area contributed by atoms with Gasteiger partial charge in [-0.3, -0.25) is 0 Å². The lowest BCUT2D eigenvalue weighted by atomic mass is 10.3. The Kier molecular flexibility index (Phi) is 4.02. The molecule has 0 saturated heterocycles. The smallest absolute Gasteiger partial charge is 0.241 e. The zero-order valence-corrected chi connectivity index (χ0v) is 12.3. The van der Waals surface area contributed by atoms with Gasteiger partial charge in [0.05, 0.1) is 21.6 Å². The van der Waals surface area contributed by atoms with Crippen molar-refractivity contribution in [3.8, 4) is 0 Å². The molecule has 0 bridgehead atoms. The van der Waals surface area contributed by atoms with E-state index in [9.17, 15) is 12.8 Å². The van der Waals surface area contributed by atoms with E-state index in [4.69, 9.17) is 4.52 Å². The van der Waals surface area contributed by atoms with Crippen molar-refractivity contribution < 1.29 is 17.3 Å². The zero-order chi connectivity index (χ0) is 14.0. The Morgan fingerprint density at radius 3 is 2.74 bits per heavy atom. The summed E-state index contributed by atoms with van der Waals surface area (Å²) in [6, 6.07) is 5.21. The van der Waals surface area contributed by atoms with Crippen LogP contribution in [-0.2, 0) is 16.6 Å². The summed E-state index contributed by atoms with van der Waals surface area (Å²) in [6.07, 6.45) is 0. The van der Waals surface area contributed by atoms with E-state index in [1.165, 1.54) is 12.1 Å².